The van der Waals surface area contributed by atoms with Crippen molar-refractivity contribution >= 4 is 11.7 Å². The Hall–Kier alpha value is -1.84. The molecular weight excluding hydrogens is 202 g/mol. The van der Waals surface area contributed by atoms with E-state index >= 15 is 0 Å². The van der Waals surface area contributed by atoms with Crippen molar-refractivity contribution in [3.05, 3.63) is 35.9 Å². The van der Waals surface area contributed by atoms with E-state index in [0.717, 1.165) is 11.4 Å². The van der Waals surface area contributed by atoms with E-state index in [0.29, 0.717) is 13.0 Å². The molecule has 0 radical (unpaired) electrons. The van der Waals surface area contributed by atoms with Crippen molar-refractivity contribution in [2.45, 2.75) is 13.0 Å². The second-order valence-corrected chi connectivity index (χ2v) is 4.02. The molecule has 0 aliphatic carbocycles. The number of benzene rings is 1. The summed E-state index contributed by atoms with van der Waals surface area (Å²) in [5.41, 5.74) is 1.10. The average molecular weight is 217 g/mol. The molecule has 84 valence electrons. The predicted octanol–water partition coefficient (Wildman–Crippen LogP) is 1.29. The van der Waals surface area contributed by atoms with E-state index in [1.54, 1.807) is 0 Å². The average Bonchev–Trinajstić information content (AvgIpc) is 2.62. The van der Waals surface area contributed by atoms with Crippen molar-refractivity contribution in [1.29, 1.82) is 0 Å². The van der Waals surface area contributed by atoms with Crippen molar-refractivity contribution in [2.24, 2.45) is 5.10 Å². The Kier molecular flexibility index (Phi) is 2.90. The Labute approximate surface area is 95.2 Å². The molecule has 0 unspecified atom stereocenters. The predicted molar refractivity (Wildman–Crippen MR) is 62.7 cm³/mol. The van der Waals surface area contributed by atoms with Gasteiger partial charge >= 0.3 is 0 Å². The molecule has 0 spiro atoms. The Balaban J connectivity index is 2.09. The number of amidine groups is 1. The number of rotatable bonds is 2. The maximum atomic E-state index is 11.7. The zero-order valence-corrected chi connectivity index (χ0v) is 9.55. The van der Waals surface area contributed by atoms with Gasteiger partial charge in [0.2, 0.25) is 0 Å². The number of carbonyl (C=O) groups is 1. The third-order valence-corrected chi connectivity index (χ3v) is 2.52. The highest BCUT2D eigenvalue weighted by atomic mass is 16.2. The summed E-state index contributed by atoms with van der Waals surface area (Å²) in [7, 11) is 3.80. The van der Waals surface area contributed by atoms with E-state index in [1.807, 2.05) is 49.3 Å². The Morgan fingerprint density at radius 2 is 2.00 bits per heavy atom. The van der Waals surface area contributed by atoms with Crippen molar-refractivity contribution in [1.82, 2.24) is 9.91 Å². The van der Waals surface area contributed by atoms with Crippen LogP contribution in [0.4, 0.5) is 0 Å². The number of amides is 1. The molecule has 4 nitrogen and oxygen atoms in total. The van der Waals surface area contributed by atoms with Crippen LogP contribution in [0.5, 0.6) is 0 Å². The summed E-state index contributed by atoms with van der Waals surface area (Å²) in [6, 6.07) is 9.88. The van der Waals surface area contributed by atoms with Crippen LogP contribution in [0.3, 0.4) is 0 Å². The van der Waals surface area contributed by atoms with Crippen molar-refractivity contribution in [3.8, 4) is 0 Å². The van der Waals surface area contributed by atoms with Crippen LogP contribution in [0.2, 0.25) is 0 Å². The Morgan fingerprint density at radius 3 is 2.56 bits per heavy atom. The van der Waals surface area contributed by atoms with Gasteiger partial charge in [0.15, 0.2) is 0 Å². The van der Waals surface area contributed by atoms with Crippen molar-refractivity contribution < 1.29 is 4.79 Å². The summed E-state index contributed by atoms with van der Waals surface area (Å²) < 4.78 is 0. The van der Waals surface area contributed by atoms with Gasteiger partial charge in [0, 0.05) is 14.1 Å². The standard InChI is InChI=1S/C12H15N3O/c1-14(2)11-8-12(16)15(13-11)9-10-6-4-3-5-7-10/h3-7H,8-9H2,1-2H3. The van der Waals surface area contributed by atoms with Gasteiger partial charge in [-0.2, -0.15) is 5.10 Å². The molecule has 0 bridgehead atoms. The first-order valence-corrected chi connectivity index (χ1v) is 5.26. The molecule has 0 saturated carbocycles. The summed E-state index contributed by atoms with van der Waals surface area (Å²) >= 11 is 0. The van der Waals surface area contributed by atoms with Crippen LogP contribution in [0, 0.1) is 0 Å². The fraction of sp³-hybridized carbons (Fsp3) is 0.333. The molecule has 1 aromatic carbocycles. The highest BCUT2D eigenvalue weighted by Crippen LogP contribution is 2.13. The minimum atomic E-state index is 0.0625. The van der Waals surface area contributed by atoms with Crippen LogP contribution >= 0.6 is 0 Å². The van der Waals surface area contributed by atoms with E-state index in [9.17, 15) is 4.79 Å². The van der Waals surface area contributed by atoms with Gasteiger partial charge < -0.3 is 4.90 Å². The number of hydrazone groups is 1. The van der Waals surface area contributed by atoms with Gasteiger partial charge in [0.05, 0.1) is 13.0 Å². The van der Waals surface area contributed by atoms with E-state index in [4.69, 9.17) is 0 Å². The van der Waals surface area contributed by atoms with Crippen molar-refractivity contribution in [2.75, 3.05) is 14.1 Å². The molecule has 16 heavy (non-hydrogen) atoms. The molecule has 1 heterocycles. The number of nitrogens with zero attached hydrogens (tertiary/aromatic N) is 3. The SMILES string of the molecule is CN(C)C1=NN(Cc2ccccc2)C(=O)C1. The molecule has 1 aromatic rings. The maximum absolute atomic E-state index is 11.7. The fourth-order valence-electron chi connectivity index (χ4n) is 1.58. The van der Waals surface area contributed by atoms with Crippen LogP contribution in [0.1, 0.15) is 12.0 Å². The second kappa shape index (κ2) is 4.35. The summed E-state index contributed by atoms with van der Waals surface area (Å²) in [6.45, 7) is 0.553. The van der Waals surface area contributed by atoms with E-state index < -0.39 is 0 Å². The molecule has 4 heteroatoms. The molecule has 0 N–H and O–H groups in total. The van der Waals surface area contributed by atoms with Gasteiger partial charge in [0.25, 0.3) is 5.91 Å². The summed E-state index contributed by atoms with van der Waals surface area (Å²) in [4.78, 5) is 13.6. The quantitative estimate of drug-likeness (QED) is 0.748. The molecule has 1 amide bonds. The lowest BCUT2D eigenvalue weighted by Crippen LogP contribution is -2.21. The molecule has 1 aliphatic heterocycles. The lowest BCUT2D eigenvalue weighted by Gasteiger charge is -2.11. The van der Waals surface area contributed by atoms with E-state index in [1.165, 1.54) is 5.01 Å². The highest BCUT2D eigenvalue weighted by Gasteiger charge is 2.24. The molecular formula is C12H15N3O. The molecule has 0 atom stereocenters. The third kappa shape index (κ3) is 2.21. The van der Waals surface area contributed by atoms with Crippen LogP contribution in [0.15, 0.2) is 35.4 Å². The topological polar surface area (TPSA) is 35.9 Å². The Morgan fingerprint density at radius 1 is 1.31 bits per heavy atom. The molecule has 1 aliphatic rings. The number of hydrogen-bond acceptors (Lipinski definition) is 3. The Bertz CT molecular complexity index is 412. The third-order valence-electron chi connectivity index (χ3n) is 2.52. The monoisotopic (exact) mass is 217 g/mol. The molecule has 0 aromatic heterocycles. The highest BCUT2D eigenvalue weighted by molar-refractivity contribution is 6.03. The molecule has 2 rings (SSSR count). The smallest absolute Gasteiger partial charge is 0.250 e. The first kappa shape index (κ1) is 10.7. The first-order chi connectivity index (χ1) is 7.66. The van der Waals surface area contributed by atoms with Crippen molar-refractivity contribution in [3.63, 3.8) is 0 Å². The summed E-state index contributed by atoms with van der Waals surface area (Å²) in [5.74, 6) is 0.883. The van der Waals surface area contributed by atoms with Gasteiger partial charge in [-0.3, -0.25) is 4.79 Å². The van der Waals surface area contributed by atoms with Gasteiger partial charge in [-0.25, -0.2) is 5.01 Å². The number of hydrogen-bond donors (Lipinski definition) is 0. The zero-order chi connectivity index (χ0) is 11.5. The molecule has 0 saturated heterocycles. The normalized spacial score (nSPS) is 15.2. The first-order valence-electron chi connectivity index (χ1n) is 5.26. The summed E-state index contributed by atoms with van der Waals surface area (Å²) in [6.07, 6.45) is 0.403. The summed E-state index contributed by atoms with van der Waals surface area (Å²) in [5, 5.41) is 5.82. The minimum absolute atomic E-state index is 0.0625. The fourth-order valence-corrected chi connectivity index (χ4v) is 1.58. The molecule has 0 fully saturated rings. The lowest BCUT2D eigenvalue weighted by atomic mass is 10.2. The van der Waals surface area contributed by atoms with Gasteiger partial charge in [-0.1, -0.05) is 30.3 Å². The lowest BCUT2D eigenvalue weighted by molar-refractivity contribution is -0.129. The zero-order valence-electron chi connectivity index (χ0n) is 9.55. The van der Waals surface area contributed by atoms with Crippen LogP contribution in [-0.4, -0.2) is 35.7 Å². The van der Waals surface area contributed by atoms with Gasteiger partial charge in [0.1, 0.15) is 5.84 Å². The van der Waals surface area contributed by atoms with Crippen LogP contribution in [0.25, 0.3) is 0 Å². The minimum Gasteiger partial charge on any atom is -0.364 e. The van der Waals surface area contributed by atoms with Gasteiger partial charge in [-0.05, 0) is 5.56 Å². The van der Waals surface area contributed by atoms with E-state index in [2.05, 4.69) is 5.10 Å². The second-order valence-electron chi connectivity index (χ2n) is 4.02. The van der Waals surface area contributed by atoms with Crippen LogP contribution in [-0.2, 0) is 11.3 Å². The van der Waals surface area contributed by atoms with E-state index in [-0.39, 0.29) is 5.91 Å². The number of carbonyl (C=O) groups excluding carboxylic acids is 1. The van der Waals surface area contributed by atoms with Crippen LogP contribution < -0.4 is 0 Å². The van der Waals surface area contributed by atoms with Gasteiger partial charge in [-0.15, -0.1) is 0 Å². The largest absolute Gasteiger partial charge is 0.364 e. The maximum Gasteiger partial charge on any atom is 0.250 e.